The van der Waals surface area contributed by atoms with E-state index in [1.807, 2.05) is 0 Å². The van der Waals surface area contributed by atoms with Gasteiger partial charge in [0.05, 0.1) is 18.3 Å². The van der Waals surface area contributed by atoms with Gasteiger partial charge in [0.2, 0.25) is 5.82 Å². The fourth-order valence-electron chi connectivity index (χ4n) is 3.79. The van der Waals surface area contributed by atoms with E-state index < -0.39 is 17.8 Å². The minimum absolute atomic E-state index is 0.0235. The molecule has 1 atom stereocenters. The Hall–Kier alpha value is -2.11. The number of aromatic nitrogens is 2. The lowest BCUT2D eigenvalue weighted by Crippen LogP contribution is -2.03. The molecule has 0 saturated heterocycles. The Balaban J connectivity index is 1.78. The molecular weight excluding hydrogens is 425 g/mol. The van der Waals surface area contributed by atoms with Crippen molar-refractivity contribution in [3.05, 3.63) is 41.7 Å². The monoisotopic (exact) mass is 464 g/mol. The summed E-state index contributed by atoms with van der Waals surface area (Å²) in [6, 6.07) is 2.91. The number of unbranched alkanes of at least 4 members (excludes halogenated alkanes) is 9. The summed E-state index contributed by atoms with van der Waals surface area (Å²) >= 11 is 0. The van der Waals surface area contributed by atoms with Crippen LogP contribution in [0.2, 0.25) is 0 Å². The van der Waals surface area contributed by atoms with E-state index in [0.717, 1.165) is 50.5 Å². The first kappa shape index (κ1) is 27.1. The fourth-order valence-corrected chi connectivity index (χ4v) is 3.79. The largest absolute Gasteiger partial charge is 0.490 e. The predicted octanol–water partition coefficient (Wildman–Crippen LogP) is 8.40. The topological polar surface area (TPSA) is 35.0 Å². The molecule has 33 heavy (non-hydrogen) atoms. The van der Waals surface area contributed by atoms with Gasteiger partial charge < -0.3 is 4.74 Å². The molecule has 184 valence electrons. The zero-order valence-corrected chi connectivity index (χ0v) is 20.2. The van der Waals surface area contributed by atoms with Crippen molar-refractivity contribution in [1.29, 1.82) is 0 Å². The number of halogens is 3. The van der Waals surface area contributed by atoms with Crippen LogP contribution in [-0.4, -0.2) is 22.7 Å². The van der Waals surface area contributed by atoms with Gasteiger partial charge in [0.1, 0.15) is 0 Å². The smallest absolute Gasteiger partial charge is 0.201 e. The highest BCUT2D eigenvalue weighted by atomic mass is 19.2. The summed E-state index contributed by atoms with van der Waals surface area (Å²) in [5, 5.41) is 0. The van der Waals surface area contributed by atoms with E-state index >= 15 is 0 Å². The van der Waals surface area contributed by atoms with Crippen LogP contribution >= 0.6 is 0 Å². The first-order valence-corrected chi connectivity index (χ1v) is 12.6. The van der Waals surface area contributed by atoms with Crippen LogP contribution in [0, 0.1) is 11.6 Å². The first-order chi connectivity index (χ1) is 16.0. The van der Waals surface area contributed by atoms with Crippen LogP contribution in [-0.2, 0) is 6.42 Å². The van der Waals surface area contributed by atoms with Crippen molar-refractivity contribution >= 4 is 0 Å². The minimum Gasteiger partial charge on any atom is -0.490 e. The number of ether oxygens (including phenoxy) is 1. The Bertz CT molecular complexity index is 797. The van der Waals surface area contributed by atoms with Crippen molar-refractivity contribution < 1.29 is 17.9 Å². The number of nitrogens with zero attached hydrogens (tertiary/aromatic N) is 2. The van der Waals surface area contributed by atoms with Crippen LogP contribution in [0.1, 0.15) is 96.5 Å². The molecule has 0 aliphatic rings. The molecule has 0 aliphatic heterocycles. The van der Waals surface area contributed by atoms with Crippen molar-refractivity contribution in [2.75, 3.05) is 6.61 Å². The highest BCUT2D eigenvalue weighted by molar-refractivity contribution is 5.57. The van der Waals surface area contributed by atoms with Crippen LogP contribution in [0.15, 0.2) is 24.5 Å². The number of aryl methyl sites for hydroxylation is 1. The summed E-state index contributed by atoms with van der Waals surface area (Å²) in [4.78, 5) is 8.42. The molecule has 3 nitrogen and oxygen atoms in total. The van der Waals surface area contributed by atoms with E-state index in [1.165, 1.54) is 44.2 Å². The molecular formula is C27H39F3N2O. The maximum Gasteiger partial charge on any atom is 0.201 e. The van der Waals surface area contributed by atoms with Crippen molar-refractivity contribution in [1.82, 2.24) is 9.97 Å². The maximum atomic E-state index is 14.6. The quantitative estimate of drug-likeness (QED) is 0.220. The zero-order valence-electron chi connectivity index (χ0n) is 20.2. The minimum atomic E-state index is -0.998. The highest BCUT2D eigenvalue weighted by Gasteiger charge is 2.17. The number of benzene rings is 1. The lowest BCUT2D eigenvalue weighted by Gasteiger charge is -2.10. The second-order valence-corrected chi connectivity index (χ2v) is 8.86. The van der Waals surface area contributed by atoms with Gasteiger partial charge in [-0.25, -0.2) is 18.7 Å². The van der Waals surface area contributed by atoms with Gasteiger partial charge in [0, 0.05) is 12.4 Å². The third kappa shape index (κ3) is 10.1. The maximum absolute atomic E-state index is 14.6. The zero-order chi connectivity index (χ0) is 23.9. The summed E-state index contributed by atoms with van der Waals surface area (Å²) in [5.74, 6) is -1.91. The van der Waals surface area contributed by atoms with Gasteiger partial charge >= 0.3 is 0 Å². The molecule has 0 bridgehead atoms. The van der Waals surface area contributed by atoms with Gasteiger partial charge in [-0.2, -0.15) is 4.39 Å². The van der Waals surface area contributed by atoms with E-state index in [2.05, 4.69) is 16.9 Å². The summed E-state index contributed by atoms with van der Waals surface area (Å²) in [6.45, 7) is 4.15. The lowest BCUT2D eigenvalue weighted by molar-refractivity contribution is 0.285. The second-order valence-electron chi connectivity index (χ2n) is 8.86. The van der Waals surface area contributed by atoms with E-state index in [1.54, 1.807) is 19.3 Å². The van der Waals surface area contributed by atoms with Crippen LogP contribution in [0.5, 0.6) is 5.75 Å². The molecule has 0 saturated carbocycles. The van der Waals surface area contributed by atoms with E-state index in [4.69, 9.17) is 4.74 Å². The summed E-state index contributed by atoms with van der Waals surface area (Å²) in [5.41, 5.74) is 0.952. The number of alkyl halides is 1. The van der Waals surface area contributed by atoms with Crippen molar-refractivity contribution in [2.24, 2.45) is 0 Å². The molecule has 0 spiro atoms. The standard InChI is InChI=1S/C27H39F3N2O/c1-3-4-5-6-7-8-9-13-18-33-24-17-16-23(25(29)26(24)30)27-31-19-22(20-32-27)15-12-10-11-14-21(2)28/h16-17,19-21H,3-15,18H2,1-2H3. The van der Waals surface area contributed by atoms with E-state index in [0.29, 0.717) is 13.0 Å². The third-order valence-corrected chi connectivity index (χ3v) is 5.82. The van der Waals surface area contributed by atoms with Crippen LogP contribution < -0.4 is 4.74 Å². The Kier molecular flexibility index (Phi) is 12.9. The van der Waals surface area contributed by atoms with E-state index in [-0.39, 0.29) is 17.1 Å². The Morgan fingerprint density at radius 1 is 0.818 bits per heavy atom. The lowest BCUT2D eigenvalue weighted by atomic mass is 10.1. The number of hydrogen-bond acceptors (Lipinski definition) is 3. The molecule has 0 fully saturated rings. The summed E-state index contributed by atoms with van der Waals surface area (Å²) in [6.07, 6.45) is 15.9. The summed E-state index contributed by atoms with van der Waals surface area (Å²) in [7, 11) is 0. The molecule has 0 aliphatic carbocycles. The van der Waals surface area contributed by atoms with Gasteiger partial charge in [-0.15, -0.1) is 0 Å². The fraction of sp³-hybridized carbons (Fsp3) is 0.630. The molecule has 0 N–H and O–H groups in total. The normalized spacial score (nSPS) is 12.2. The van der Waals surface area contributed by atoms with Gasteiger partial charge in [-0.05, 0) is 50.3 Å². The highest BCUT2D eigenvalue weighted by Crippen LogP contribution is 2.28. The van der Waals surface area contributed by atoms with Crippen molar-refractivity contribution in [3.8, 4) is 17.1 Å². The van der Waals surface area contributed by atoms with Crippen LogP contribution in [0.3, 0.4) is 0 Å². The average Bonchev–Trinajstić information content (AvgIpc) is 2.81. The molecule has 0 amide bonds. The van der Waals surface area contributed by atoms with Gasteiger partial charge in [-0.3, -0.25) is 0 Å². The Morgan fingerprint density at radius 2 is 1.45 bits per heavy atom. The number of hydrogen-bond donors (Lipinski definition) is 0. The van der Waals surface area contributed by atoms with Gasteiger partial charge in [0.25, 0.3) is 0 Å². The van der Waals surface area contributed by atoms with E-state index in [9.17, 15) is 13.2 Å². The molecule has 1 heterocycles. The molecule has 1 aromatic carbocycles. The molecule has 2 rings (SSSR count). The molecule has 0 radical (unpaired) electrons. The second kappa shape index (κ2) is 15.7. The third-order valence-electron chi connectivity index (χ3n) is 5.82. The van der Waals surface area contributed by atoms with Crippen molar-refractivity contribution in [2.45, 2.75) is 103 Å². The summed E-state index contributed by atoms with van der Waals surface area (Å²) < 4.78 is 47.4. The molecule has 1 unspecified atom stereocenters. The van der Waals surface area contributed by atoms with Crippen LogP contribution in [0.25, 0.3) is 11.4 Å². The first-order valence-electron chi connectivity index (χ1n) is 12.6. The molecule has 2 aromatic rings. The van der Waals surface area contributed by atoms with Crippen LogP contribution in [0.4, 0.5) is 13.2 Å². The van der Waals surface area contributed by atoms with Gasteiger partial charge in [-0.1, -0.05) is 64.7 Å². The molecule has 1 aromatic heterocycles. The molecule has 6 heteroatoms. The SMILES string of the molecule is CCCCCCCCCCOc1ccc(-c2ncc(CCCCCC(C)F)cn2)c(F)c1F. The Morgan fingerprint density at radius 3 is 2.12 bits per heavy atom. The Labute approximate surface area is 197 Å². The predicted molar refractivity (Wildman–Crippen MR) is 128 cm³/mol. The number of rotatable bonds is 17. The van der Waals surface area contributed by atoms with Crippen molar-refractivity contribution in [3.63, 3.8) is 0 Å². The van der Waals surface area contributed by atoms with Gasteiger partial charge in [0.15, 0.2) is 17.4 Å². The average molecular weight is 465 g/mol.